The minimum atomic E-state index is -2.84. The van der Waals surface area contributed by atoms with Crippen LogP contribution in [0.2, 0.25) is 0 Å². The first-order valence-corrected chi connectivity index (χ1v) is 8.92. The predicted molar refractivity (Wildman–Crippen MR) is 102 cm³/mol. The third-order valence-corrected chi connectivity index (χ3v) is 4.43. The lowest BCUT2D eigenvalue weighted by atomic mass is 9.92. The first-order valence-electron chi connectivity index (χ1n) is 8.92. The van der Waals surface area contributed by atoms with Gasteiger partial charge in [0.25, 0.3) is 6.43 Å². The van der Waals surface area contributed by atoms with Crippen LogP contribution in [-0.2, 0) is 6.61 Å². The molecule has 0 aliphatic carbocycles. The zero-order chi connectivity index (χ0) is 22.1. The average Bonchev–Trinajstić information content (AvgIpc) is 3.10. The molecule has 3 aromatic rings. The van der Waals surface area contributed by atoms with Crippen molar-refractivity contribution in [3.63, 3.8) is 0 Å². The van der Waals surface area contributed by atoms with E-state index in [1.807, 2.05) is 0 Å². The number of carbonyl (C=O) groups is 1. The number of pyridine rings is 1. The molecule has 160 valence electrons. The molecule has 0 saturated carbocycles. The molecule has 2 amide bonds. The second kappa shape index (κ2) is 8.28. The highest BCUT2D eigenvalue weighted by molar-refractivity contribution is 5.92. The number of nitrogens with one attached hydrogen (secondary N) is 3. The summed E-state index contributed by atoms with van der Waals surface area (Å²) >= 11 is 0. The maximum atomic E-state index is 13.2. The van der Waals surface area contributed by atoms with Crippen LogP contribution in [-0.4, -0.2) is 37.0 Å². The summed E-state index contributed by atoms with van der Waals surface area (Å²) in [5.74, 6) is -0.501. The summed E-state index contributed by atoms with van der Waals surface area (Å²) < 4.78 is 39.4. The zero-order valence-corrected chi connectivity index (χ0v) is 16.1. The quantitative estimate of drug-likeness (QED) is 0.417. The van der Waals surface area contributed by atoms with Crippen molar-refractivity contribution < 1.29 is 28.2 Å². The van der Waals surface area contributed by atoms with Crippen molar-refractivity contribution in [2.24, 2.45) is 0 Å². The number of aromatic nitrogens is 3. The van der Waals surface area contributed by atoms with Crippen LogP contribution in [0.15, 0.2) is 30.3 Å². The average molecular weight is 423 g/mol. The number of aliphatic hydroxyl groups excluding tert-OH is 1. The third kappa shape index (κ3) is 4.52. The van der Waals surface area contributed by atoms with E-state index in [2.05, 4.69) is 25.8 Å². The molecule has 2 aromatic heterocycles. The van der Waals surface area contributed by atoms with Gasteiger partial charge in [-0.2, -0.15) is 5.10 Å². The summed E-state index contributed by atoms with van der Waals surface area (Å²) in [4.78, 5) is 16.5. The molecule has 0 spiro atoms. The van der Waals surface area contributed by atoms with E-state index in [-0.39, 0.29) is 22.4 Å². The Hall–Kier alpha value is -3.18. The second-order valence-corrected chi connectivity index (χ2v) is 7.18. The van der Waals surface area contributed by atoms with E-state index in [9.17, 15) is 28.2 Å². The molecule has 3 rings (SSSR count). The summed E-state index contributed by atoms with van der Waals surface area (Å²) in [5.41, 5.74) is -1.39. The van der Waals surface area contributed by atoms with E-state index in [0.717, 1.165) is 0 Å². The van der Waals surface area contributed by atoms with Crippen LogP contribution in [0.4, 0.5) is 23.8 Å². The Morgan fingerprint density at radius 2 is 1.93 bits per heavy atom. The molecule has 11 heteroatoms. The smallest absolute Gasteiger partial charge is 0.320 e. The van der Waals surface area contributed by atoms with Crippen LogP contribution in [0, 0.1) is 5.82 Å². The Morgan fingerprint density at radius 3 is 2.50 bits per heavy atom. The number of hydrogen-bond acceptors (Lipinski definition) is 5. The topological polar surface area (TPSA) is 123 Å². The van der Waals surface area contributed by atoms with E-state index >= 15 is 0 Å². The number of H-pyrrole nitrogens is 1. The molecule has 0 aliphatic heterocycles. The Balaban J connectivity index is 1.85. The van der Waals surface area contributed by atoms with Gasteiger partial charge in [-0.15, -0.1) is 0 Å². The summed E-state index contributed by atoms with van der Waals surface area (Å²) in [6.07, 6.45) is -2.84. The number of hydrogen-bond donors (Lipinski definition) is 5. The summed E-state index contributed by atoms with van der Waals surface area (Å²) in [6.45, 7) is 2.31. The summed E-state index contributed by atoms with van der Waals surface area (Å²) in [7, 11) is 0. The fraction of sp³-hybridized carbons (Fsp3) is 0.316. The zero-order valence-electron chi connectivity index (χ0n) is 16.1. The number of carbonyl (C=O) groups excluding carboxylic acids is 1. The Labute approximate surface area is 169 Å². The molecule has 5 N–H and O–H groups in total. The van der Waals surface area contributed by atoms with Crippen molar-refractivity contribution in [3.8, 4) is 0 Å². The number of alkyl halides is 2. The van der Waals surface area contributed by atoms with Gasteiger partial charge in [0.05, 0.1) is 34.8 Å². The van der Waals surface area contributed by atoms with Gasteiger partial charge in [-0.1, -0.05) is 12.1 Å². The van der Waals surface area contributed by atoms with Gasteiger partial charge in [-0.25, -0.2) is 22.9 Å². The molecule has 0 aliphatic rings. The Morgan fingerprint density at radius 1 is 1.27 bits per heavy atom. The van der Waals surface area contributed by atoms with Crippen molar-refractivity contribution >= 4 is 22.8 Å². The van der Waals surface area contributed by atoms with Crippen LogP contribution in [0.25, 0.3) is 10.9 Å². The minimum Gasteiger partial charge on any atom is -0.390 e. The molecular weight excluding hydrogens is 403 g/mol. The van der Waals surface area contributed by atoms with Crippen LogP contribution >= 0.6 is 0 Å². The molecule has 8 nitrogen and oxygen atoms in total. The van der Waals surface area contributed by atoms with Crippen molar-refractivity contribution in [3.05, 3.63) is 53.1 Å². The van der Waals surface area contributed by atoms with Gasteiger partial charge < -0.3 is 15.5 Å². The number of urea groups is 1. The molecule has 0 bridgehead atoms. The van der Waals surface area contributed by atoms with E-state index < -0.39 is 42.2 Å². The Bertz CT molecular complexity index is 1050. The van der Waals surface area contributed by atoms with E-state index in [1.54, 1.807) is 0 Å². The van der Waals surface area contributed by atoms with E-state index in [4.69, 9.17) is 0 Å². The number of aliphatic hydroxyl groups is 2. The van der Waals surface area contributed by atoms with Crippen LogP contribution in [0.1, 0.15) is 43.3 Å². The fourth-order valence-electron chi connectivity index (χ4n) is 3.08. The second-order valence-electron chi connectivity index (χ2n) is 7.18. The Kier molecular flexibility index (Phi) is 5.94. The van der Waals surface area contributed by atoms with Crippen LogP contribution < -0.4 is 10.6 Å². The molecule has 1 unspecified atom stereocenters. The highest BCUT2D eigenvalue weighted by atomic mass is 19.3. The molecule has 30 heavy (non-hydrogen) atoms. The molecule has 1 aromatic carbocycles. The lowest BCUT2D eigenvalue weighted by Gasteiger charge is -2.30. The van der Waals surface area contributed by atoms with Crippen molar-refractivity contribution in [1.82, 2.24) is 20.5 Å². The van der Waals surface area contributed by atoms with Gasteiger partial charge in [-0.05, 0) is 31.5 Å². The number of rotatable bonds is 6. The van der Waals surface area contributed by atoms with Gasteiger partial charge in [-0.3, -0.25) is 10.4 Å². The first-order chi connectivity index (χ1) is 14.1. The highest BCUT2D eigenvalue weighted by Crippen LogP contribution is 2.29. The maximum absolute atomic E-state index is 13.2. The van der Waals surface area contributed by atoms with Gasteiger partial charge in [0.1, 0.15) is 17.3 Å². The summed E-state index contributed by atoms with van der Waals surface area (Å²) in [5, 5.41) is 30.9. The SMILES string of the molecule is CC(C)(O)C(NC(=O)Nc1cc2n[nH]c(C(F)F)c2c(CO)n1)c1ccc(F)cc1. The van der Waals surface area contributed by atoms with Gasteiger partial charge in [0.15, 0.2) is 0 Å². The van der Waals surface area contributed by atoms with E-state index in [0.29, 0.717) is 5.56 Å². The standard InChI is InChI=1S/C19H20F3N5O3/c1-19(2,30)16(9-3-5-10(20)6-4-9)25-18(29)24-13-7-11-14(12(8-28)23-13)15(17(21)22)27-26-11/h3-7,16-17,28,30H,8H2,1-2H3,(H,26,27)(H2,23,24,25,29). The van der Waals surface area contributed by atoms with Crippen LogP contribution in [0.3, 0.4) is 0 Å². The lowest BCUT2D eigenvalue weighted by Crippen LogP contribution is -2.44. The van der Waals surface area contributed by atoms with E-state index in [1.165, 1.54) is 44.2 Å². The largest absolute Gasteiger partial charge is 0.390 e. The van der Waals surface area contributed by atoms with Crippen molar-refractivity contribution in [2.45, 2.75) is 38.5 Å². The molecule has 2 heterocycles. The lowest BCUT2D eigenvalue weighted by molar-refractivity contribution is 0.0415. The number of halogens is 3. The van der Waals surface area contributed by atoms with Gasteiger partial charge in [0.2, 0.25) is 0 Å². The van der Waals surface area contributed by atoms with Crippen molar-refractivity contribution in [2.75, 3.05) is 5.32 Å². The monoisotopic (exact) mass is 423 g/mol. The third-order valence-electron chi connectivity index (χ3n) is 4.43. The number of aromatic amines is 1. The number of amides is 2. The molecular formula is C19H20F3N5O3. The van der Waals surface area contributed by atoms with Gasteiger partial charge >= 0.3 is 6.03 Å². The fourth-order valence-corrected chi connectivity index (χ4v) is 3.08. The predicted octanol–water partition coefficient (Wildman–Crippen LogP) is 3.16. The molecule has 1 atom stereocenters. The normalized spacial score (nSPS) is 12.9. The first kappa shape index (κ1) is 21.5. The van der Waals surface area contributed by atoms with Crippen molar-refractivity contribution in [1.29, 1.82) is 0 Å². The molecule has 0 radical (unpaired) electrons. The van der Waals surface area contributed by atoms with Crippen LogP contribution in [0.5, 0.6) is 0 Å². The number of nitrogens with zero attached hydrogens (tertiary/aromatic N) is 2. The molecule has 0 fully saturated rings. The minimum absolute atomic E-state index is 0.0147. The summed E-state index contributed by atoms with van der Waals surface area (Å²) in [6, 6.07) is 4.89. The number of anilines is 1. The number of fused-ring (bicyclic) bond motifs is 1. The maximum Gasteiger partial charge on any atom is 0.320 e. The number of benzene rings is 1. The van der Waals surface area contributed by atoms with Gasteiger partial charge in [0, 0.05) is 6.07 Å². The highest BCUT2D eigenvalue weighted by Gasteiger charge is 2.30. The molecule has 0 saturated heterocycles.